The molecule has 1 saturated carbocycles. The van der Waals surface area contributed by atoms with E-state index in [9.17, 15) is 0 Å². The Kier molecular flexibility index (Phi) is 4.36. The van der Waals surface area contributed by atoms with Crippen molar-refractivity contribution < 1.29 is 0 Å². The Morgan fingerprint density at radius 2 is 2.13 bits per heavy atom. The maximum Gasteiger partial charge on any atom is 0.156 e. The number of nitrogens with zero attached hydrogens (tertiary/aromatic N) is 1. The molecule has 2 rings (SSSR count). The van der Waals surface area contributed by atoms with E-state index in [0.29, 0.717) is 6.04 Å². The van der Waals surface area contributed by atoms with E-state index in [1.807, 2.05) is 11.8 Å². The molecule has 2 aliphatic rings. The Balaban J connectivity index is 1.68. The van der Waals surface area contributed by atoms with Crippen LogP contribution < -0.4 is 5.32 Å². The summed E-state index contributed by atoms with van der Waals surface area (Å²) in [6.45, 7) is 3.28. The summed E-state index contributed by atoms with van der Waals surface area (Å²) in [4.78, 5) is 4.67. The van der Waals surface area contributed by atoms with Gasteiger partial charge >= 0.3 is 0 Å². The second kappa shape index (κ2) is 5.78. The van der Waals surface area contributed by atoms with Gasteiger partial charge in [-0.05, 0) is 25.7 Å². The van der Waals surface area contributed by atoms with Crippen LogP contribution in [0, 0.1) is 5.92 Å². The quantitative estimate of drug-likeness (QED) is 0.800. The summed E-state index contributed by atoms with van der Waals surface area (Å²) in [5, 5.41) is 4.64. The minimum absolute atomic E-state index is 0.622. The average Bonchev–Trinajstić information content (AvgIpc) is 2.71. The molecule has 0 spiro atoms. The maximum atomic E-state index is 4.67. The third kappa shape index (κ3) is 3.71. The van der Waals surface area contributed by atoms with Gasteiger partial charge in [0.05, 0.1) is 0 Å². The number of aliphatic imine (C=N–C) groups is 1. The minimum atomic E-state index is 0.622. The Morgan fingerprint density at radius 3 is 2.87 bits per heavy atom. The van der Waals surface area contributed by atoms with Crippen LogP contribution in [0.15, 0.2) is 4.99 Å². The first-order chi connectivity index (χ1) is 7.34. The zero-order valence-electron chi connectivity index (χ0n) is 9.67. The molecule has 86 valence electrons. The number of rotatable bonds is 3. The summed E-state index contributed by atoms with van der Waals surface area (Å²) in [5.41, 5.74) is 0. The molecule has 1 heterocycles. The highest BCUT2D eigenvalue weighted by atomic mass is 32.2. The zero-order valence-corrected chi connectivity index (χ0v) is 10.5. The van der Waals surface area contributed by atoms with Gasteiger partial charge < -0.3 is 5.32 Å². The van der Waals surface area contributed by atoms with Crippen LogP contribution in [0.2, 0.25) is 0 Å². The SMILES string of the molecule is CC1CCSC(=NCCC2CCCC2)N1. The van der Waals surface area contributed by atoms with Crippen molar-refractivity contribution in [2.45, 2.75) is 51.5 Å². The highest BCUT2D eigenvalue weighted by molar-refractivity contribution is 8.13. The van der Waals surface area contributed by atoms with E-state index in [0.717, 1.165) is 12.5 Å². The van der Waals surface area contributed by atoms with Crippen molar-refractivity contribution >= 4 is 16.9 Å². The Morgan fingerprint density at radius 1 is 1.33 bits per heavy atom. The van der Waals surface area contributed by atoms with Gasteiger partial charge in [0.15, 0.2) is 5.17 Å². The summed E-state index contributed by atoms with van der Waals surface area (Å²) in [5.74, 6) is 2.21. The Labute approximate surface area is 97.3 Å². The molecule has 1 unspecified atom stereocenters. The van der Waals surface area contributed by atoms with Crippen molar-refractivity contribution in [3.05, 3.63) is 0 Å². The molecule has 2 fully saturated rings. The zero-order chi connectivity index (χ0) is 10.5. The monoisotopic (exact) mass is 226 g/mol. The van der Waals surface area contributed by atoms with Crippen LogP contribution in [-0.4, -0.2) is 23.5 Å². The van der Waals surface area contributed by atoms with Crippen molar-refractivity contribution in [3.8, 4) is 0 Å². The van der Waals surface area contributed by atoms with Crippen LogP contribution in [0.25, 0.3) is 0 Å². The second-order valence-corrected chi connectivity index (χ2v) is 5.89. The molecule has 0 aromatic heterocycles. The molecule has 1 N–H and O–H groups in total. The Hall–Kier alpha value is -0.180. The fraction of sp³-hybridized carbons (Fsp3) is 0.917. The van der Waals surface area contributed by atoms with Crippen molar-refractivity contribution in [2.75, 3.05) is 12.3 Å². The van der Waals surface area contributed by atoms with Gasteiger partial charge in [0.2, 0.25) is 0 Å². The topological polar surface area (TPSA) is 24.4 Å². The van der Waals surface area contributed by atoms with Gasteiger partial charge in [0.25, 0.3) is 0 Å². The van der Waals surface area contributed by atoms with Gasteiger partial charge in [-0.15, -0.1) is 0 Å². The third-order valence-electron chi connectivity index (χ3n) is 3.43. The maximum absolute atomic E-state index is 4.67. The van der Waals surface area contributed by atoms with E-state index in [4.69, 9.17) is 0 Å². The fourth-order valence-corrected chi connectivity index (χ4v) is 3.53. The number of thioether (sulfide) groups is 1. The summed E-state index contributed by atoms with van der Waals surface area (Å²) >= 11 is 1.89. The first kappa shape index (κ1) is 11.3. The summed E-state index contributed by atoms with van der Waals surface area (Å²) in [6, 6.07) is 0.622. The van der Waals surface area contributed by atoms with Gasteiger partial charge in [0, 0.05) is 18.3 Å². The van der Waals surface area contributed by atoms with Gasteiger partial charge in [-0.1, -0.05) is 37.4 Å². The van der Waals surface area contributed by atoms with Crippen LogP contribution in [0.5, 0.6) is 0 Å². The smallest absolute Gasteiger partial charge is 0.156 e. The largest absolute Gasteiger partial charge is 0.362 e. The lowest BCUT2D eigenvalue weighted by atomic mass is 10.1. The molecular formula is C12H22N2S. The van der Waals surface area contributed by atoms with Gasteiger partial charge in [0.1, 0.15) is 0 Å². The number of nitrogens with one attached hydrogen (secondary N) is 1. The van der Waals surface area contributed by atoms with E-state index < -0.39 is 0 Å². The molecule has 15 heavy (non-hydrogen) atoms. The van der Waals surface area contributed by atoms with E-state index in [1.165, 1.54) is 49.4 Å². The molecule has 1 atom stereocenters. The standard InChI is InChI=1S/C12H22N2S/c1-10-7-9-15-12(14-10)13-8-6-11-4-2-3-5-11/h10-11H,2-9H2,1H3,(H,13,14). The van der Waals surface area contributed by atoms with Gasteiger partial charge in [-0.25, -0.2) is 0 Å². The van der Waals surface area contributed by atoms with Crippen molar-refractivity contribution in [1.29, 1.82) is 0 Å². The predicted octanol–water partition coefficient (Wildman–Crippen LogP) is 3.04. The molecule has 0 amide bonds. The van der Waals surface area contributed by atoms with Crippen LogP contribution in [0.4, 0.5) is 0 Å². The van der Waals surface area contributed by atoms with Gasteiger partial charge in [-0.2, -0.15) is 0 Å². The van der Waals surface area contributed by atoms with E-state index in [2.05, 4.69) is 17.2 Å². The number of amidine groups is 1. The Bertz CT molecular complexity index is 222. The van der Waals surface area contributed by atoms with Crippen LogP contribution in [0.3, 0.4) is 0 Å². The number of hydrogen-bond acceptors (Lipinski definition) is 2. The summed E-state index contributed by atoms with van der Waals surface area (Å²) < 4.78 is 0. The second-order valence-electron chi connectivity index (χ2n) is 4.81. The van der Waals surface area contributed by atoms with Crippen molar-refractivity contribution in [2.24, 2.45) is 10.9 Å². The predicted molar refractivity (Wildman–Crippen MR) is 68.5 cm³/mol. The molecule has 2 nitrogen and oxygen atoms in total. The van der Waals surface area contributed by atoms with Gasteiger partial charge in [-0.3, -0.25) is 4.99 Å². The van der Waals surface area contributed by atoms with E-state index >= 15 is 0 Å². The number of hydrogen-bond donors (Lipinski definition) is 1. The van der Waals surface area contributed by atoms with Crippen LogP contribution in [0.1, 0.15) is 45.4 Å². The first-order valence-electron chi connectivity index (χ1n) is 6.28. The summed E-state index contributed by atoms with van der Waals surface area (Å²) in [7, 11) is 0. The normalized spacial score (nSPS) is 30.7. The van der Waals surface area contributed by atoms with E-state index in [1.54, 1.807) is 0 Å². The lowest BCUT2D eigenvalue weighted by Gasteiger charge is -2.21. The van der Waals surface area contributed by atoms with Crippen molar-refractivity contribution in [1.82, 2.24) is 5.32 Å². The first-order valence-corrected chi connectivity index (χ1v) is 7.27. The van der Waals surface area contributed by atoms with Crippen LogP contribution in [-0.2, 0) is 0 Å². The fourth-order valence-electron chi connectivity index (χ4n) is 2.40. The molecule has 1 aliphatic carbocycles. The molecular weight excluding hydrogens is 204 g/mol. The summed E-state index contributed by atoms with van der Waals surface area (Å²) in [6.07, 6.45) is 8.37. The molecule has 0 aromatic carbocycles. The highest BCUT2D eigenvalue weighted by Gasteiger charge is 2.15. The molecule has 1 saturated heterocycles. The van der Waals surface area contributed by atoms with E-state index in [-0.39, 0.29) is 0 Å². The lowest BCUT2D eigenvalue weighted by Crippen LogP contribution is -2.35. The third-order valence-corrected chi connectivity index (χ3v) is 4.39. The van der Waals surface area contributed by atoms with Crippen molar-refractivity contribution in [3.63, 3.8) is 0 Å². The van der Waals surface area contributed by atoms with Crippen LogP contribution >= 0.6 is 11.8 Å². The average molecular weight is 226 g/mol. The molecule has 0 bridgehead atoms. The molecule has 3 heteroatoms. The lowest BCUT2D eigenvalue weighted by molar-refractivity contribution is 0.511. The highest BCUT2D eigenvalue weighted by Crippen LogP contribution is 2.27. The minimum Gasteiger partial charge on any atom is -0.362 e. The molecule has 1 aliphatic heterocycles. The molecule has 0 radical (unpaired) electrons. The molecule has 0 aromatic rings.